The Kier molecular flexibility index (Phi) is 7.44. The standard InChI is InChI=1S/C11H20ClNO2/c1-4-13(5-2)7-6-10(8-12)9(3)11(14)15/h10H,3-8H2,1-2H3,(H,14,15). The first-order chi connectivity index (χ1) is 7.06. The smallest absolute Gasteiger partial charge is 0.331 e. The van der Waals surface area contributed by atoms with Crippen LogP contribution in [0.5, 0.6) is 0 Å². The summed E-state index contributed by atoms with van der Waals surface area (Å²) in [7, 11) is 0. The van der Waals surface area contributed by atoms with Crippen LogP contribution in [0.2, 0.25) is 0 Å². The summed E-state index contributed by atoms with van der Waals surface area (Å²) in [6.45, 7) is 10.6. The largest absolute Gasteiger partial charge is 0.478 e. The molecule has 1 unspecified atom stereocenters. The monoisotopic (exact) mass is 233 g/mol. The van der Waals surface area contributed by atoms with E-state index in [2.05, 4.69) is 25.3 Å². The fourth-order valence-electron chi connectivity index (χ4n) is 1.40. The average Bonchev–Trinajstić information content (AvgIpc) is 2.24. The van der Waals surface area contributed by atoms with Gasteiger partial charge in [0.05, 0.1) is 0 Å². The van der Waals surface area contributed by atoms with Gasteiger partial charge in [-0.15, -0.1) is 11.6 Å². The van der Waals surface area contributed by atoms with E-state index in [0.717, 1.165) is 26.1 Å². The fraction of sp³-hybridized carbons (Fsp3) is 0.727. The van der Waals surface area contributed by atoms with Gasteiger partial charge in [-0.1, -0.05) is 20.4 Å². The van der Waals surface area contributed by atoms with Crippen molar-refractivity contribution in [2.24, 2.45) is 5.92 Å². The molecule has 1 atom stereocenters. The van der Waals surface area contributed by atoms with E-state index in [1.165, 1.54) is 0 Å². The van der Waals surface area contributed by atoms with E-state index in [1.54, 1.807) is 0 Å². The first-order valence-corrected chi connectivity index (χ1v) is 5.80. The molecule has 15 heavy (non-hydrogen) atoms. The highest BCUT2D eigenvalue weighted by Gasteiger charge is 2.17. The number of carboxylic acids is 1. The van der Waals surface area contributed by atoms with Crippen molar-refractivity contribution in [3.63, 3.8) is 0 Å². The Morgan fingerprint density at radius 1 is 1.47 bits per heavy atom. The van der Waals surface area contributed by atoms with E-state index in [9.17, 15) is 4.79 Å². The highest BCUT2D eigenvalue weighted by molar-refractivity contribution is 6.18. The van der Waals surface area contributed by atoms with Gasteiger partial charge in [0.2, 0.25) is 0 Å². The van der Waals surface area contributed by atoms with Gasteiger partial charge in [-0.3, -0.25) is 0 Å². The molecule has 0 saturated carbocycles. The van der Waals surface area contributed by atoms with Crippen molar-refractivity contribution in [1.29, 1.82) is 0 Å². The van der Waals surface area contributed by atoms with Gasteiger partial charge >= 0.3 is 5.97 Å². The quantitative estimate of drug-likeness (QED) is 0.516. The molecule has 0 aromatic carbocycles. The maximum Gasteiger partial charge on any atom is 0.331 e. The number of hydrogen-bond acceptors (Lipinski definition) is 2. The molecule has 0 spiro atoms. The number of nitrogens with zero attached hydrogens (tertiary/aromatic N) is 1. The van der Waals surface area contributed by atoms with Crippen LogP contribution in [0.15, 0.2) is 12.2 Å². The van der Waals surface area contributed by atoms with Crippen molar-refractivity contribution in [1.82, 2.24) is 4.90 Å². The first kappa shape index (κ1) is 14.5. The molecule has 0 aromatic rings. The lowest BCUT2D eigenvalue weighted by atomic mass is 9.99. The van der Waals surface area contributed by atoms with Crippen molar-refractivity contribution in [2.45, 2.75) is 20.3 Å². The van der Waals surface area contributed by atoms with Crippen LogP contribution < -0.4 is 0 Å². The fourth-order valence-corrected chi connectivity index (χ4v) is 1.74. The topological polar surface area (TPSA) is 40.5 Å². The van der Waals surface area contributed by atoms with Gasteiger partial charge in [0.1, 0.15) is 0 Å². The zero-order valence-corrected chi connectivity index (χ0v) is 10.3. The molecule has 0 saturated heterocycles. The number of hydrogen-bond donors (Lipinski definition) is 1. The molecule has 0 aliphatic rings. The minimum absolute atomic E-state index is 0.121. The second-order valence-corrected chi connectivity index (χ2v) is 3.81. The second kappa shape index (κ2) is 7.71. The SMILES string of the molecule is C=C(C(=O)O)C(CCl)CCN(CC)CC. The Morgan fingerprint density at radius 2 is 2.00 bits per heavy atom. The van der Waals surface area contributed by atoms with E-state index in [0.29, 0.717) is 5.88 Å². The summed E-state index contributed by atoms with van der Waals surface area (Å²) >= 11 is 5.73. The molecule has 0 heterocycles. The minimum Gasteiger partial charge on any atom is -0.478 e. The lowest BCUT2D eigenvalue weighted by molar-refractivity contribution is -0.133. The Morgan fingerprint density at radius 3 is 2.33 bits per heavy atom. The van der Waals surface area contributed by atoms with Crippen LogP contribution in [-0.4, -0.2) is 41.5 Å². The van der Waals surface area contributed by atoms with E-state index in [-0.39, 0.29) is 11.5 Å². The molecule has 0 fully saturated rings. The summed E-state index contributed by atoms with van der Waals surface area (Å²) < 4.78 is 0. The zero-order valence-electron chi connectivity index (χ0n) is 9.50. The molecule has 3 nitrogen and oxygen atoms in total. The van der Waals surface area contributed by atoms with Gasteiger partial charge in [-0.25, -0.2) is 4.79 Å². The molecule has 4 heteroatoms. The van der Waals surface area contributed by atoms with Gasteiger partial charge in [0, 0.05) is 17.4 Å². The number of carboxylic acid groups (broad SMARTS) is 1. The average molecular weight is 234 g/mol. The van der Waals surface area contributed by atoms with Crippen LogP contribution in [0.25, 0.3) is 0 Å². The van der Waals surface area contributed by atoms with Crippen LogP contribution in [0.1, 0.15) is 20.3 Å². The van der Waals surface area contributed by atoms with Crippen molar-refractivity contribution in [3.05, 3.63) is 12.2 Å². The molecule has 0 amide bonds. The van der Waals surface area contributed by atoms with Crippen LogP contribution >= 0.6 is 11.6 Å². The lowest BCUT2D eigenvalue weighted by Crippen LogP contribution is -2.27. The maximum atomic E-state index is 10.7. The van der Waals surface area contributed by atoms with Crippen LogP contribution in [0.4, 0.5) is 0 Å². The van der Waals surface area contributed by atoms with Crippen molar-refractivity contribution < 1.29 is 9.90 Å². The van der Waals surface area contributed by atoms with E-state index < -0.39 is 5.97 Å². The van der Waals surface area contributed by atoms with Gasteiger partial charge in [-0.2, -0.15) is 0 Å². The maximum absolute atomic E-state index is 10.7. The van der Waals surface area contributed by atoms with Gasteiger partial charge in [-0.05, 0) is 26.1 Å². The van der Waals surface area contributed by atoms with Crippen molar-refractivity contribution in [2.75, 3.05) is 25.5 Å². The summed E-state index contributed by atoms with van der Waals surface area (Å²) in [5.74, 6) is -0.739. The van der Waals surface area contributed by atoms with Crippen LogP contribution in [-0.2, 0) is 4.79 Å². The summed E-state index contributed by atoms with van der Waals surface area (Å²) in [5.41, 5.74) is 0.220. The Labute approximate surface area is 96.7 Å². The molecule has 0 bridgehead atoms. The minimum atomic E-state index is -0.944. The molecule has 0 aliphatic carbocycles. The van der Waals surface area contributed by atoms with Crippen molar-refractivity contribution >= 4 is 17.6 Å². The van der Waals surface area contributed by atoms with Crippen LogP contribution in [0, 0.1) is 5.92 Å². The van der Waals surface area contributed by atoms with E-state index >= 15 is 0 Å². The molecule has 0 rings (SSSR count). The van der Waals surface area contributed by atoms with Crippen molar-refractivity contribution in [3.8, 4) is 0 Å². The summed E-state index contributed by atoms with van der Waals surface area (Å²) in [4.78, 5) is 13.0. The molecular formula is C11H20ClNO2. The third kappa shape index (κ3) is 5.19. The molecular weight excluding hydrogens is 214 g/mol. The van der Waals surface area contributed by atoms with E-state index in [4.69, 9.17) is 16.7 Å². The third-order valence-electron chi connectivity index (χ3n) is 2.64. The molecule has 0 aliphatic heterocycles. The molecule has 0 radical (unpaired) electrons. The number of rotatable bonds is 8. The van der Waals surface area contributed by atoms with E-state index in [1.807, 2.05) is 0 Å². The second-order valence-electron chi connectivity index (χ2n) is 3.50. The summed E-state index contributed by atoms with van der Waals surface area (Å²) in [6, 6.07) is 0. The first-order valence-electron chi connectivity index (χ1n) is 5.27. The molecule has 1 N–H and O–H groups in total. The number of carbonyl (C=O) groups is 1. The van der Waals surface area contributed by atoms with Gasteiger partial charge < -0.3 is 10.0 Å². The van der Waals surface area contributed by atoms with Gasteiger partial charge in [0.15, 0.2) is 0 Å². The summed E-state index contributed by atoms with van der Waals surface area (Å²) in [6.07, 6.45) is 0.760. The normalized spacial score (nSPS) is 12.8. The Hall–Kier alpha value is -0.540. The highest BCUT2D eigenvalue weighted by atomic mass is 35.5. The van der Waals surface area contributed by atoms with Crippen LogP contribution in [0.3, 0.4) is 0 Å². The molecule has 88 valence electrons. The number of alkyl halides is 1. The van der Waals surface area contributed by atoms with Gasteiger partial charge in [0.25, 0.3) is 0 Å². The lowest BCUT2D eigenvalue weighted by Gasteiger charge is -2.21. The zero-order chi connectivity index (χ0) is 11.8. The number of aliphatic carboxylic acids is 1. The Balaban J connectivity index is 4.10. The Bertz CT molecular complexity index is 215. The molecule has 0 aromatic heterocycles. The summed E-state index contributed by atoms with van der Waals surface area (Å²) in [5, 5.41) is 8.79. The predicted octanol–water partition coefficient (Wildman–Crippen LogP) is 2.21. The highest BCUT2D eigenvalue weighted by Crippen LogP contribution is 2.16. The third-order valence-corrected chi connectivity index (χ3v) is 3.01. The predicted molar refractivity (Wildman–Crippen MR) is 63.4 cm³/mol. The number of halogens is 1.